The van der Waals surface area contributed by atoms with Crippen LogP contribution in [0.25, 0.3) is 6.08 Å². The minimum absolute atomic E-state index is 0.0307. The summed E-state index contributed by atoms with van der Waals surface area (Å²) in [7, 11) is 0. The number of carbonyl (C=O) groups is 1. The predicted octanol–water partition coefficient (Wildman–Crippen LogP) is 3.52. The normalized spacial score (nSPS) is 19.6. The van der Waals surface area contributed by atoms with Gasteiger partial charge in [-0.15, -0.1) is 0 Å². The monoisotopic (exact) mass is 411 g/mol. The van der Waals surface area contributed by atoms with Crippen molar-refractivity contribution in [1.29, 1.82) is 0 Å². The molecule has 3 nitrogen and oxygen atoms in total. The number of hydrogen-bond acceptors (Lipinski definition) is 3. The Morgan fingerprint density at radius 2 is 1.76 bits per heavy atom. The van der Waals surface area contributed by atoms with E-state index in [1.165, 1.54) is 24.3 Å². The molecule has 3 rings (SSSR count). The second-order valence-electron chi connectivity index (χ2n) is 5.58. The number of benzene rings is 2. The SMILES string of the molecule is O=C([O-])C1=Cc2ccccc2OC1(Cc1ccccc1Br)C(F)(F)F. The molecule has 1 atom stereocenters. The van der Waals surface area contributed by atoms with Crippen molar-refractivity contribution >= 4 is 28.0 Å². The van der Waals surface area contributed by atoms with Gasteiger partial charge in [0, 0.05) is 22.0 Å². The summed E-state index contributed by atoms with van der Waals surface area (Å²) in [5.41, 5.74) is -3.46. The summed E-state index contributed by atoms with van der Waals surface area (Å²) in [6.07, 6.45) is -4.70. The number of carboxylic acids is 1. The van der Waals surface area contributed by atoms with Crippen molar-refractivity contribution < 1.29 is 27.8 Å². The fourth-order valence-electron chi connectivity index (χ4n) is 2.78. The van der Waals surface area contributed by atoms with Crippen LogP contribution in [-0.4, -0.2) is 17.7 Å². The number of aliphatic carboxylic acids is 1. The zero-order valence-electron chi connectivity index (χ0n) is 12.6. The first-order valence-corrected chi connectivity index (χ1v) is 8.05. The molecule has 0 fully saturated rings. The molecule has 2 aromatic carbocycles. The smallest absolute Gasteiger partial charge is 0.433 e. The van der Waals surface area contributed by atoms with Crippen LogP contribution in [-0.2, 0) is 11.2 Å². The second-order valence-corrected chi connectivity index (χ2v) is 6.43. The number of hydrogen-bond donors (Lipinski definition) is 0. The first kappa shape index (κ1) is 17.5. The second kappa shape index (κ2) is 6.22. The van der Waals surface area contributed by atoms with Gasteiger partial charge in [0.05, 0.1) is 5.97 Å². The fourth-order valence-corrected chi connectivity index (χ4v) is 3.21. The molecule has 0 spiro atoms. The van der Waals surface area contributed by atoms with Crippen molar-refractivity contribution in [2.24, 2.45) is 0 Å². The van der Waals surface area contributed by atoms with Crippen molar-refractivity contribution in [3.8, 4) is 5.75 Å². The van der Waals surface area contributed by atoms with E-state index in [0.29, 0.717) is 4.47 Å². The summed E-state index contributed by atoms with van der Waals surface area (Å²) in [5, 5.41) is 11.5. The third-order valence-corrected chi connectivity index (χ3v) is 4.79. The molecule has 1 aliphatic rings. The summed E-state index contributed by atoms with van der Waals surface area (Å²) in [5.74, 6) is -1.95. The molecule has 25 heavy (non-hydrogen) atoms. The highest BCUT2D eigenvalue weighted by atomic mass is 79.9. The van der Waals surface area contributed by atoms with E-state index in [-0.39, 0.29) is 16.9 Å². The van der Waals surface area contributed by atoms with Crippen LogP contribution >= 0.6 is 15.9 Å². The third kappa shape index (κ3) is 3.04. The highest BCUT2D eigenvalue weighted by molar-refractivity contribution is 9.10. The Labute approximate surface area is 149 Å². The zero-order chi connectivity index (χ0) is 18.2. The number of para-hydroxylation sites is 1. The van der Waals surface area contributed by atoms with Crippen molar-refractivity contribution in [1.82, 2.24) is 0 Å². The van der Waals surface area contributed by atoms with Crippen LogP contribution in [0.2, 0.25) is 0 Å². The van der Waals surface area contributed by atoms with E-state index in [1.807, 2.05) is 0 Å². The lowest BCUT2D eigenvalue weighted by atomic mass is 9.82. The summed E-state index contributed by atoms with van der Waals surface area (Å²) < 4.78 is 47.8. The van der Waals surface area contributed by atoms with Gasteiger partial charge in [-0.2, -0.15) is 13.2 Å². The van der Waals surface area contributed by atoms with Crippen LogP contribution in [0.15, 0.2) is 58.6 Å². The predicted molar refractivity (Wildman–Crippen MR) is 86.7 cm³/mol. The molecule has 1 aliphatic heterocycles. The van der Waals surface area contributed by atoms with Crippen LogP contribution in [0.4, 0.5) is 13.2 Å². The molecule has 130 valence electrons. The summed E-state index contributed by atoms with van der Waals surface area (Å²) in [4.78, 5) is 11.5. The van der Waals surface area contributed by atoms with Gasteiger partial charge in [-0.3, -0.25) is 0 Å². The molecule has 0 radical (unpaired) electrons. The Morgan fingerprint density at radius 3 is 2.40 bits per heavy atom. The number of halogens is 4. The lowest BCUT2D eigenvalue weighted by Gasteiger charge is -2.41. The topological polar surface area (TPSA) is 49.4 Å². The Kier molecular flexibility index (Phi) is 4.36. The summed E-state index contributed by atoms with van der Waals surface area (Å²) in [6, 6.07) is 12.3. The maximum Gasteiger partial charge on any atom is 0.433 e. The van der Waals surface area contributed by atoms with E-state index >= 15 is 0 Å². The Balaban J connectivity index is 2.21. The van der Waals surface area contributed by atoms with E-state index in [2.05, 4.69) is 15.9 Å². The average molecular weight is 412 g/mol. The molecule has 0 N–H and O–H groups in total. The molecule has 0 aliphatic carbocycles. The number of alkyl halides is 3. The summed E-state index contributed by atoms with van der Waals surface area (Å²) in [6.45, 7) is 0. The van der Waals surface area contributed by atoms with Gasteiger partial charge in [0.1, 0.15) is 5.75 Å². The van der Waals surface area contributed by atoms with E-state index in [4.69, 9.17) is 4.74 Å². The van der Waals surface area contributed by atoms with Gasteiger partial charge in [0.2, 0.25) is 5.60 Å². The molecule has 0 bridgehead atoms. The van der Waals surface area contributed by atoms with Crippen LogP contribution in [0.3, 0.4) is 0 Å². The van der Waals surface area contributed by atoms with Crippen LogP contribution < -0.4 is 9.84 Å². The van der Waals surface area contributed by atoms with E-state index in [9.17, 15) is 23.1 Å². The molecule has 1 unspecified atom stereocenters. The fraction of sp³-hybridized carbons (Fsp3) is 0.167. The first-order valence-electron chi connectivity index (χ1n) is 7.26. The minimum atomic E-state index is -4.97. The molecule has 0 amide bonds. The highest BCUT2D eigenvalue weighted by Gasteiger charge is 2.61. The van der Waals surface area contributed by atoms with Gasteiger partial charge in [0.25, 0.3) is 0 Å². The van der Waals surface area contributed by atoms with E-state index in [0.717, 1.165) is 6.08 Å². The molecule has 0 aromatic heterocycles. The average Bonchev–Trinajstić information content (AvgIpc) is 2.55. The van der Waals surface area contributed by atoms with Crippen LogP contribution in [0.1, 0.15) is 11.1 Å². The molecular weight excluding hydrogens is 401 g/mol. The van der Waals surface area contributed by atoms with Gasteiger partial charge >= 0.3 is 6.18 Å². The minimum Gasteiger partial charge on any atom is -0.545 e. The molecule has 1 heterocycles. The maximum atomic E-state index is 14.0. The molecule has 0 saturated heterocycles. The molecule has 0 saturated carbocycles. The van der Waals surface area contributed by atoms with Gasteiger partial charge in [-0.1, -0.05) is 52.3 Å². The Hall–Kier alpha value is -2.28. The zero-order valence-corrected chi connectivity index (χ0v) is 14.2. The van der Waals surface area contributed by atoms with Crippen LogP contribution in [0.5, 0.6) is 5.75 Å². The Bertz CT molecular complexity index is 861. The molecule has 7 heteroatoms. The lowest BCUT2D eigenvalue weighted by Crippen LogP contribution is -2.58. The van der Waals surface area contributed by atoms with Crippen molar-refractivity contribution in [2.75, 3.05) is 0 Å². The number of fused-ring (bicyclic) bond motifs is 1. The number of carboxylic acid groups (broad SMARTS) is 1. The van der Waals surface area contributed by atoms with Gasteiger partial charge < -0.3 is 14.6 Å². The van der Waals surface area contributed by atoms with Crippen molar-refractivity contribution in [2.45, 2.75) is 18.2 Å². The van der Waals surface area contributed by atoms with Crippen LogP contribution in [0, 0.1) is 0 Å². The largest absolute Gasteiger partial charge is 0.545 e. The Morgan fingerprint density at radius 1 is 1.12 bits per heavy atom. The van der Waals surface area contributed by atoms with Gasteiger partial charge in [-0.25, -0.2) is 0 Å². The number of rotatable bonds is 3. The standard InChI is InChI=1S/C18H12BrF3O3/c19-14-7-3-1-6-12(14)10-17(18(20,21)22)13(16(23)24)9-11-5-2-4-8-15(11)25-17/h1-9H,10H2,(H,23,24)/p-1. The summed E-state index contributed by atoms with van der Waals surface area (Å²) >= 11 is 3.20. The first-order chi connectivity index (χ1) is 11.7. The lowest BCUT2D eigenvalue weighted by molar-refractivity contribution is -0.306. The third-order valence-electron chi connectivity index (χ3n) is 4.01. The quantitative estimate of drug-likeness (QED) is 0.776. The van der Waals surface area contributed by atoms with Gasteiger partial charge in [-0.05, 0) is 23.8 Å². The molecule has 2 aromatic rings. The highest BCUT2D eigenvalue weighted by Crippen LogP contribution is 2.47. The van der Waals surface area contributed by atoms with Gasteiger partial charge in [0.15, 0.2) is 0 Å². The maximum absolute atomic E-state index is 14.0. The number of ether oxygens (including phenoxy) is 1. The van der Waals surface area contributed by atoms with E-state index < -0.39 is 29.7 Å². The van der Waals surface area contributed by atoms with Crippen molar-refractivity contribution in [3.63, 3.8) is 0 Å². The van der Waals surface area contributed by atoms with E-state index in [1.54, 1.807) is 24.3 Å². The number of carbonyl (C=O) groups excluding carboxylic acids is 1. The molecular formula is C18H11BrF3O3-. The van der Waals surface area contributed by atoms with Crippen molar-refractivity contribution in [3.05, 3.63) is 69.7 Å².